The summed E-state index contributed by atoms with van der Waals surface area (Å²) in [6.07, 6.45) is -0.419. The zero-order valence-corrected chi connectivity index (χ0v) is 20.0. The Labute approximate surface area is 216 Å². The Morgan fingerprint density at radius 1 is 0.949 bits per heavy atom. The third-order valence-corrected chi connectivity index (χ3v) is 5.20. The molecule has 0 aromatic carbocycles. The molecule has 2 amide bonds. The zero-order valence-electron chi connectivity index (χ0n) is 20.0. The molecule has 4 rings (SSSR count). The van der Waals surface area contributed by atoms with Crippen LogP contribution in [0.2, 0.25) is 0 Å². The molecule has 4 aromatic rings. The summed E-state index contributed by atoms with van der Waals surface area (Å²) in [6.45, 7) is 1.30. The zero-order chi connectivity index (χ0) is 28.3. The summed E-state index contributed by atoms with van der Waals surface area (Å²) in [5.74, 6) is -4.34. The van der Waals surface area contributed by atoms with E-state index < -0.39 is 47.9 Å². The Kier molecular flexibility index (Phi) is 7.73. The molecule has 0 aliphatic rings. The number of nitrogens with zero attached hydrogens (tertiary/aromatic N) is 6. The van der Waals surface area contributed by atoms with E-state index in [4.69, 9.17) is 4.74 Å². The van der Waals surface area contributed by atoms with Gasteiger partial charge < -0.3 is 10.1 Å². The molecule has 0 aliphatic heterocycles. The first-order valence-electron chi connectivity index (χ1n) is 10.9. The first-order valence-corrected chi connectivity index (χ1v) is 10.9. The monoisotopic (exact) mass is 548 g/mol. The van der Waals surface area contributed by atoms with Gasteiger partial charge in [-0.05, 0) is 13.0 Å². The Balaban J connectivity index is 1.48. The molecular formula is C23H17F5N8O3. The van der Waals surface area contributed by atoms with Crippen molar-refractivity contribution in [2.24, 2.45) is 7.05 Å². The van der Waals surface area contributed by atoms with Gasteiger partial charge >= 0.3 is 6.09 Å². The minimum Gasteiger partial charge on any atom is -0.441 e. The number of nitrogens with one attached hydrogen (secondary N) is 2. The van der Waals surface area contributed by atoms with E-state index in [1.54, 1.807) is 0 Å². The van der Waals surface area contributed by atoms with Crippen molar-refractivity contribution in [3.8, 4) is 11.3 Å². The lowest BCUT2D eigenvalue weighted by Crippen LogP contribution is -2.19. The van der Waals surface area contributed by atoms with E-state index >= 15 is 0 Å². The fourth-order valence-corrected chi connectivity index (χ4v) is 3.31. The summed E-state index contributed by atoms with van der Waals surface area (Å²) in [5.41, 5.74) is -0.736. The summed E-state index contributed by atoms with van der Waals surface area (Å²) in [5, 5.41) is 8.66. The second-order valence-electron chi connectivity index (χ2n) is 7.88. The number of amides is 2. The molecule has 0 spiro atoms. The molecule has 0 aliphatic carbocycles. The van der Waals surface area contributed by atoms with Crippen LogP contribution in [0, 0.1) is 17.6 Å². The highest BCUT2D eigenvalue weighted by molar-refractivity contribution is 6.03. The average molecular weight is 548 g/mol. The van der Waals surface area contributed by atoms with Crippen LogP contribution in [-0.4, -0.2) is 41.7 Å². The molecule has 11 nitrogen and oxygen atoms in total. The minimum atomic E-state index is -2.90. The van der Waals surface area contributed by atoms with Gasteiger partial charge in [0.05, 0.1) is 41.0 Å². The normalized spacial score (nSPS) is 11.8. The lowest BCUT2D eigenvalue weighted by molar-refractivity contribution is 0.102. The number of hydrogen-bond donors (Lipinski definition) is 2. The van der Waals surface area contributed by atoms with Gasteiger partial charge in [0, 0.05) is 25.5 Å². The quantitative estimate of drug-likeness (QED) is 0.253. The number of carbonyl (C=O) groups excluding carboxylic acids is 2. The molecular weight excluding hydrogens is 531 g/mol. The van der Waals surface area contributed by atoms with Gasteiger partial charge in [-0.25, -0.2) is 37.3 Å². The lowest BCUT2D eigenvalue weighted by Gasteiger charge is -2.15. The van der Waals surface area contributed by atoms with Crippen LogP contribution in [0.15, 0.2) is 43.1 Å². The van der Waals surface area contributed by atoms with Crippen LogP contribution >= 0.6 is 0 Å². The summed E-state index contributed by atoms with van der Waals surface area (Å²) in [4.78, 5) is 38.8. The van der Waals surface area contributed by atoms with Crippen molar-refractivity contribution < 1.29 is 36.3 Å². The number of carbonyl (C=O) groups is 2. The lowest BCUT2D eigenvalue weighted by atomic mass is 10.2. The fourth-order valence-electron chi connectivity index (χ4n) is 3.31. The maximum atomic E-state index is 15.0. The van der Waals surface area contributed by atoms with Crippen molar-refractivity contribution in [3.63, 3.8) is 0 Å². The van der Waals surface area contributed by atoms with Gasteiger partial charge in [0.25, 0.3) is 12.3 Å². The summed E-state index contributed by atoms with van der Waals surface area (Å²) in [7, 11) is 1.44. The largest absolute Gasteiger partial charge is 0.441 e. The summed E-state index contributed by atoms with van der Waals surface area (Å²) < 4.78 is 73.7. The van der Waals surface area contributed by atoms with E-state index in [9.17, 15) is 31.5 Å². The van der Waals surface area contributed by atoms with Crippen LogP contribution in [0.3, 0.4) is 0 Å². The van der Waals surface area contributed by atoms with Crippen LogP contribution in [0.4, 0.5) is 38.3 Å². The van der Waals surface area contributed by atoms with Crippen molar-refractivity contribution in [2.75, 3.05) is 10.6 Å². The smallest absolute Gasteiger partial charge is 0.413 e. The molecule has 0 radical (unpaired) electrons. The Morgan fingerprint density at radius 3 is 2.33 bits per heavy atom. The molecule has 0 bridgehead atoms. The number of aryl methyl sites for hydroxylation is 1. The van der Waals surface area contributed by atoms with Crippen molar-refractivity contribution in [1.29, 1.82) is 0 Å². The standard InChI is InChI=1S/C23H17F5N8O3/c1-10(14-3-12(24)7-30-19(14)28)39-23(38)35-21-15(9-33-36(21)2)17-16(25)4-13(8-29-17)34-22(37)11-5-31-20(18(26)27)32-6-11/h3-10,18H,1-2H3,(H,34,37)(H,35,38)/t10-/m1/s1. The number of pyridine rings is 2. The van der Waals surface area contributed by atoms with Crippen LogP contribution < -0.4 is 10.6 Å². The highest BCUT2D eigenvalue weighted by atomic mass is 19.3. The highest BCUT2D eigenvalue weighted by Gasteiger charge is 2.22. The molecule has 4 aromatic heterocycles. The van der Waals surface area contributed by atoms with E-state index in [-0.39, 0.29) is 33.9 Å². The molecule has 202 valence electrons. The Bertz CT molecular complexity index is 1530. The molecule has 0 unspecified atom stereocenters. The van der Waals surface area contributed by atoms with Crippen LogP contribution in [0.25, 0.3) is 11.3 Å². The average Bonchev–Trinajstić information content (AvgIpc) is 3.24. The van der Waals surface area contributed by atoms with Crippen LogP contribution in [0.5, 0.6) is 0 Å². The van der Waals surface area contributed by atoms with E-state index in [1.807, 2.05) is 0 Å². The van der Waals surface area contributed by atoms with Crippen LogP contribution in [0.1, 0.15) is 41.2 Å². The van der Waals surface area contributed by atoms with Gasteiger partial charge in [-0.3, -0.25) is 19.8 Å². The number of anilines is 2. The first kappa shape index (κ1) is 27.0. The third kappa shape index (κ3) is 6.11. The highest BCUT2D eigenvalue weighted by Crippen LogP contribution is 2.30. The number of aromatic nitrogens is 6. The van der Waals surface area contributed by atoms with Crippen molar-refractivity contribution in [2.45, 2.75) is 19.5 Å². The maximum absolute atomic E-state index is 15.0. The van der Waals surface area contributed by atoms with Gasteiger partial charge in [-0.2, -0.15) is 9.49 Å². The third-order valence-electron chi connectivity index (χ3n) is 5.20. The Morgan fingerprint density at radius 2 is 1.67 bits per heavy atom. The van der Waals surface area contributed by atoms with Gasteiger partial charge in [0.2, 0.25) is 5.95 Å². The number of hydrogen-bond acceptors (Lipinski definition) is 8. The van der Waals surface area contributed by atoms with Crippen molar-refractivity contribution in [3.05, 3.63) is 77.7 Å². The molecule has 2 N–H and O–H groups in total. The molecule has 0 saturated carbocycles. The van der Waals surface area contributed by atoms with Gasteiger partial charge in [-0.15, -0.1) is 0 Å². The van der Waals surface area contributed by atoms with E-state index in [0.29, 0.717) is 6.20 Å². The second kappa shape index (κ2) is 11.2. The summed E-state index contributed by atoms with van der Waals surface area (Å²) >= 11 is 0. The SMILES string of the molecule is C[C@@H](OC(=O)Nc1c(-c2ncc(NC(=O)c3cnc(C(F)F)nc3)cc2F)cnn1C)c1cc(F)cnc1F. The molecule has 0 fully saturated rings. The van der Waals surface area contributed by atoms with E-state index in [1.165, 1.54) is 24.9 Å². The van der Waals surface area contributed by atoms with Gasteiger partial charge in [0.1, 0.15) is 23.4 Å². The molecule has 16 heteroatoms. The molecule has 39 heavy (non-hydrogen) atoms. The maximum Gasteiger partial charge on any atom is 0.413 e. The van der Waals surface area contributed by atoms with Crippen LogP contribution in [-0.2, 0) is 11.8 Å². The number of ether oxygens (including phenoxy) is 1. The van der Waals surface area contributed by atoms with E-state index in [0.717, 1.165) is 30.7 Å². The molecule has 0 saturated heterocycles. The number of rotatable bonds is 7. The topological polar surface area (TPSA) is 137 Å². The second-order valence-corrected chi connectivity index (χ2v) is 7.88. The van der Waals surface area contributed by atoms with Crippen molar-refractivity contribution in [1.82, 2.24) is 29.7 Å². The van der Waals surface area contributed by atoms with Crippen molar-refractivity contribution >= 4 is 23.5 Å². The number of halogens is 5. The summed E-state index contributed by atoms with van der Waals surface area (Å²) in [6, 6.07) is 1.77. The minimum absolute atomic E-state index is 0.0343. The predicted molar refractivity (Wildman–Crippen MR) is 124 cm³/mol. The van der Waals surface area contributed by atoms with Gasteiger partial charge in [-0.1, -0.05) is 0 Å². The first-order chi connectivity index (χ1) is 18.5. The fraction of sp³-hybridized carbons (Fsp3) is 0.174. The predicted octanol–water partition coefficient (Wildman–Crippen LogP) is 4.58. The Hall–Kier alpha value is -5.02. The van der Waals surface area contributed by atoms with E-state index in [2.05, 4.69) is 35.7 Å². The van der Waals surface area contributed by atoms with Gasteiger partial charge in [0.15, 0.2) is 11.6 Å². The molecule has 1 atom stereocenters. The molecule has 4 heterocycles. The number of alkyl halides is 2.